The molecule has 1 unspecified atom stereocenters. The van der Waals surface area contributed by atoms with E-state index in [4.69, 9.17) is 0 Å². The van der Waals surface area contributed by atoms with Gasteiger partial charge in [0.15, 0.2) is 12.0 Å². The number of benzene rings is 2. The van der Waals surface area contributed by atoms with Crippen LogP contribution < -0.4 is 10.1 Å². The second-order valence-electron chi connectivity index (χ2n) is 7.82. The summed E-state index contributed by atoms with van der Waals surface area (Å²) in [5.74, 6) is 0.280. The van der Waals surface area contributed by atoms with Crippen LogP contribution in [0.1, 0.15) is 22.9 Å². The van der Waals surface area contributed by atoms with Crippen molar-refractivity contribution in [3.05, 3.63) is 95.9 Å². The van der Waals surface area contributed by atoms with Gasteiger partial charge in [0.25, 0.3) is 0 Å². The lowest BCUT2D eigenvalue weighted by Gasteiger charge is -2.12. The largest absolute Gasteiger partial charge is 0.573 e. The molecule has 4 aromatic rings. The second kappa shape index (κ2) is 9.53. The van der Waals surface area contributed by atoms with Crippen LogP contribution in [0.3, 0.4) is 0 Å². The molecule has 0 radical (unpaired) electrons. The number of halogens is 3. The standard InChI is InChI=1S/C25H18F3N7O/c1-15-7-8-17(13-21(15)32-24-30-11-9-20(31-24)18-5-3-10-29-14-18)23-33-22(34-35-23)16-4-2-6-19(12-16)36-25(26,27)28/h2-14,23H,1H3,(H,30,31,32). The van der Waals surface area contributed by atoms with Crippen molar-refractivity contribution >= 4 is 17.5 Å². The molecule has 0 spiro atoms. The van der Waals surface area contributed by atoms with E-state index >= 15 is 0 Å². The maximum Gasteiger partial charge on any atom is 0.573 e. The number of rotatable bonds is 6. The number of ether oxygens (including phenoxy) is 1. The molecule has 1 atom stereocenters. The summed E-state index contributed by atoms with van der Waals surface area (Å²) in [6.45, 7) is 1.94. The molecule has 1 aliphatic rings. The fourth-order valence-electron chi connectivity index (χ4n) is 3.53. The smallest absolute Gasteiger partial charge is 0.406 e. The zero-order chi connectivity index (χ0) is 25.1. The number of alkyl halides is 3. The fraction of sp³-hybridized carbons (Fsp3) is 0.120. The van der Waals surface area contributed by atoms with Gasteiger partial charge in [0.1, 0.15) is 5.75 Å². The van der Waals surface area contributed by atoms with Gasteiger partial charge in [-0.15, -0.1) is 18.3 Å². The molecule has 0 amide bonds. The first-order chi connectivity index (χ1) is 17.3. The number of hydrogen-bond donors (Lipinski definition) is 1. The van der Waals surface area contributed by atoms with E-state index in [1.165, 1.54) is 18.2 Å². The van der Waals surface area contributed by atoms with E-state index in [-0.39, 0.29) is 11.6 Å². The first-order valence-electron chi connectivity index (χ1n) is 10.8. The summed E-state index contributed by atoms with van der Waals surface area (Å²) in [5.41, 5.74) is 4.42. The monoisotopic (exact) mass is 489 g/mol. The van der Waals surface area contributed by atoms with Crippen LogP contribution in [0.25, 0.3) is 11.3 Å². The molecule has 0 bridgehead atoms. The number of aliphatic imine (C=N–C) groups is 1. The zero-order valence-corrected chi connectivity index (χ0v) is 18.8. The SMILES string of the molecule is Cc1ccc(C2N=NC(c3cccc(OC(F)(F)F)c3)=N2)cc1Nc1nccc(-c2cccnc2)n1. The molecule has 2 aromatic heterocycles. The lowest BCUT2D eigenvalue weighted by Crippen LogP contribution is -2.17. The molecular formula is C25H18F3N7O. The lowest BCUT2D eigenvalue weighted by atomic mass is 10.1. The number of amidine groups is 1. The average molecular weight is 489 g/mol. The summed E-state index contributed by atoms with van der Waals surface area (Å²) in [4.78, 5) is 17.5. The predicted octanol–water partition coefficient (Wildman–Crippen LogP) is 6.40. The minimum Gasteiger partial charge on any atom is -0.406 e. The van der Waals surface area contributed by atoms with Crippen molar-refractivity contribution in [1.82, 2.24) is 15.0 Å². The molecule has 2 aromatic carbocycles. The van der Waals surface area contributed by atoms with Gasteiger partial charge in [-0.3, -0.25) is 4.98 Å². The quantitative estimate of drug-likeness (QED) is 0.338. The molecule has 1 aliphatic heterocycles. The predicted molar refractivity (Wildman–Crippen MR) is 127 cm³/mol. The van der Waals surface area contributed by atoms with E-state index in [2.05, 4.69) is 40.2 Å². The second-order valence-corrected chi connectivity index (χ2v) is 7.82. The number of aryl methyl sites for hydroxylation is 1. The number of nitrogens with one attached hydrogen (secondary N) is 1. The van der Waals surface area contributed by atoms with E-state index < -0.39 is 12.5 Å². The van der Waals surface area contributed by atoms with E-state index in [0.29, 0.717) is 11.5 Å². The van der Waals surface area contributed by atoms with Gasteiger partial charge in [-0.1, -0.05) is 24.3 Å². The number of nitrogens with zero attached hydrogens (tertiary/aromatic N) is 6. The highest BCUT2D eigenvalue weighted by molar-refractivity contribution is 6.00. The van der Waals surface area contributed by atoms with Crippen LogP contribution in [0.15, 0.2) is 94.5 Å². The topological polar surface area (TPSA) is 97.0 Å². The Bertz CT molecular complexity index is 1460. The molecule has 0 aliphatic carbocycles. The molecule has 8 nitrogen and oxygen atoms in total. The van der Waals surface area contributed by atoms with Gasteiger partial charge in [0, 0.05) is 41.0 Å². The Balaban J connectivity index is 1.37. The molecular weight excluding hydrogens is 471 g/mol. The van der Waals surface area contributed by atoms with Crippen LogP contribution in [0.4, 0.5) is 24.8 Å². The Kier molecular flexibility index (Phi) is 6.11. The maximum absolute atomic E-state index is 12.6. The Morgan fingerprint density at radius 3 is 2.61 bits per heavy atom. The molecule has 0 fully saturated rings. The van der Waals surface area contributed by atoms with Crippen LogP contribution in [-0.2, 0) is 0 Å². The highest BCUT2D eigenvalue weighted by Crippen LogP contribution is 2.31. The van der Waals surface area contributed by atoms with Crippen molar-refractivity contribution < 1.29 is 17.9 Å². The Morgan fingerprint density at radius 1 is 0.944 bits per heavy atom. The van der Waals surface area contributed by atoms with Crippen LogP contribution in [0.2, 0.25) is 0 Å². The summed E-state index contributed by atoms with van der Waals surface area (Å²) in [5, 5.41) is 11.5. The lowest BCUT2D eigenvalue weighted by molar-refractivity contribution is -0.274. The van der Waals surface area contributed by atoms with E-state index in [1.807, 2.05) is 37.3 Å². The third kappa shape index (κ3) is 5.35. The molecule has 36 heavy (non-hydrogen) atoms. The minimum atomic E-state index is -4.79. The molecule has 1 N–H and O–H groups in total. The van der Waals surface area contributed by atoms with Crippen molar-refractivity contribution in [2.45, 2.75) is 19.5 Å². The highest BCUT2D eigenvalue weighted by atomic mass is 19.4. The van der Waals surface area contributed by atoms with Crippen LogP contribution >= 0.6 is 0 Å². The van der Waals surface area contributed by atoms with Gasteiger partial charge in [0.2, 0.25) is 5.95 Å². The first kappa shape index (κ1) is 23.1. The first-order valence-corrected chi connectivity index (χ1v) is 10.8. The molecule has 180 valence electrons. The summed E-state index contributed by atoms with van der Waals surface area (Å²) in [6, 6.07) is 16.7. The molecule has 5 rings (SSSR count). The van der Waals surface area contributed by atoms with E-state index in [9.17, 15) is 13.2 Å². The van der Waals surface area contributed by atoms with E-state index in [0.717, 1.165) is 28.1 Å². The molecule has 0 saturated carbocycles. The van der Waals surface area contributed by atoms with Gasteiger partial charge < -0.3 is 10.1 Å². The van der Waals surface area contributed by atoms with Crippen molar-refractivity contribution in [3.63, 3.8) is 0 Å². The highest BCUT2D eigenvalue weighted by Gasteiger charge is 2.31. The summed E-state index contributed by atoms with van der Waals surface area (Å²) in [7, 11) is 0. The summed E-state index contributed by atoms with van der Waals surface area (Å²) >= 11 is 0. The Hall–Kier alpha value is -4.67. The number of azo groups is 1. The maximum atomic E-state index is 12.6. The third-order valence-electron chi connectivity index (χ3n) is 5.25. The average Bonchev–Trinajstić information content (AvgIpc) is 3.36. The van der Waals surface area contributed by atoms with Crippen molar-refractivity contribution in [2.75, 3.05) is 5.32 Å². The zero-order valence-electron chi connectivity index (χ0n) is 18.8. The van der Waals surface area contributed by atoms with Crippen LogP contribution in [0, 0.1) is 6.92 Å². The van der Waals surface area contributed by atoms with Gasteiger partial charge in [-0.2, -0.15) is 5.11 Å². The summed E-state index contributed by atoms with van der Waals surface area (Å²) < 4.78 is 41.7. The van der Waals surface area contributed by atoms with Crippen molar-refractivity contribution in [2.24, 2.45) is 15.2 Å². The molecule has 3 heterocycles. The van der Waals surface area contributed by atoms with Gasteiger partial charge in [-0.25, -0.2) is 15.0 Å². The fourth-order valence-corrected chi connectivity index (χ4v) is 3.53. The normalized spacial score (nSPS) is 15.0. The van der Waals surface area contributed by atoms with Crippen molar-refractivity contribution in [1.29, 1.82) is 0 Å². The van der Waals surface area contributed by atoms with Crippen LogP contribution in [-0.4, -0.2) is 27.1 Å². The Morgan fingerprint density at radius 2 is 1.81 bits per heavy atom. The number of aromatic nitrogens is 3. The van der Waals surface area contributed by atoms with Gasteiger partial charge >= 0.3 is 6.36 Å². The van der Waals surface area contributed by atoms with E-state index in [1.54, 1.807) is 30.7 Å². The Labute approximate surface area is 203 Å². The molecule has 11 heteroatoms. The third-order valence-corrected chi connectivity index (χ3v) is 5.25. The van der Waals surface area contributed by atoms with Gasteiger partial charge in [-0.05, 0) is 48.9 Å². The number of anilines is 2. The number of hydrogen-bond acceptors (Lipinski definition) is 8. The summed E-state index contributed by atoms with van der Waals surface area (Å²) in [6.07, 6.45) is -0.345. The minimum absolute atomic E-state index is 0.218. The molecule has 0 saturated heterocycles. The number of pyridine rings is 1. The van der Waals surface area contributed by atoms with Crippen LogP contribution in [0.5, 0.6) is 5.75 Å². The van der Waals surface area contributed by atoms with Gasteiger partial charge in [0.05, 0.1) is 5.69 Å². The van der Waals surface area contributed by atoms with Crippen molar-refractivity contribution in [3.8, 4) is 17.0 Å².